The number of carbonyl (C=O) groups is 1. The van der Waals surface area contributed by atoms with Gasteiger partial charge in [0, 0.05) is 23.9 Å². The predicted octanol–water partition coefficient (Wildman–Crippen LogP) is 2.97. The van der Waals surface area contributed by atoms with Gasteiger partial charge in [0.15, 0.2) is 0 Å². The van der Waals surface area contributed by atoms with Crippen molar-refractivity contribution in [1.82, 2.24) is 0 Å². The van der Waals surface area contributed by atoms with E-state index in [0.29, 0.717) is 0 Å². The molecule has 2 nitrogen and oxygen atoms in total. The SMILES string of the molecule is NC1CCCC1C(=O)Cc1c(F)ccc(Br)c1F. The zero-order valence-electron chi connectivity index (χ0n) is 9.76. The lowest BCUT2D eigenvalue weighted by Crippen LogP contribution is -2.31. The van der Waals surface area contributed by atoms with Crippen LogP contribution in [0.3, 0.4) is 0 Å². The molecule has 0 spiro atoms. The summed E-state index contributed by atoms with van der Waals surface area (Å²) >= 11 is 2.99. The third kappa shape index (κ3) is 2.62. The number of hydrogen-bond donors (Lipinski definition) is 1. The number of benzene rings is 1. The molecule has 0 aromatic heterocycles. The molecule has 1 aromatic rings. The highest BCUT2D eigenvalue weighted by Gasteiger charge is 2.31. The zero-order valence-corrected chi connectivity index (χ0v) is 11.3. The summed E-state index contributed by atoms with van der Waals surface area (Å²) in [5, 5.41) is 0. The van der Waals surface area contributed by atoms with Crippen LogP contribution in [-0.4, -0.2) is 11.8 Å². The first-order valence-electron chi connectivity index (χ1n) is 5.91. The molecular formula is C13H14BrF2NO. The molecule has 0 bridgehead atoms. The molecule has 1 saturated carbocycles. The first-order valence-corrected chi connectivity index (χ1v) is 6.70. The van der Waals surface area contributed by atoms with Gasteiger partial charge in [-0.1, -0.05) is 6.42 Å². The van der Waals surface area contributed by atoms with E-state index in [1.807, 2.05) is 0 Å². The van der Waals surface area contributed by atoms with Gasteiger partial charge in [-0.25, -0.2) is 8.78 Å². The van der Waals surface area contributed by atoms with Crippen molar-refractivity contribution in [3.63, 3.8) is 0 Å². The lowest BCUT2D eigenvalue weighted by molar-refractivity contribution is -0.122. The molecule has 0 aliphatic heterocycles. The highest BCUT2D eigenvalue weighted by atomic mass is 79.9. The third-order valence-corrected chi connectivity index (χ3v) is 4.09. The van der Waals surface area contributed by atoms with Crippen molar-refractivity contribution >= 4 is 21.7 Å². The van der Waals surface area contributed by atoms with Gasteiger partial charge in [0.1, 0.15) is 17.4 Å². The smallest absolute Gasteiger partial charge is 0.143 e. The van der Waals surface area contributed by atoms with Gasteiger partial charge < -0.3 is 5.73 Å². The quantitative estimate of drug-likeness (QED) is 0.871. The number of Topliss-reactive ketones (excluding diaryl/α,β-unsaturated/α-hetero) is 1. The number of halogens is 3. The van der Waals surface area contributed by atoms with Crippen LogP contribution in [-0.2, 0) is 11.2 Å². The maximum Gasteiger partial charge on any atom is 0.143 e. The Hall–Kier alpha value is -0.810. The molecule has 0 heterocycles. The number of carbonyl (C=O) groups excluding carboxylic acids is 1. The van der Waals surface area contributed by atoms with Crippen molar-refractivity contribution in [2.24, 2.45) is 11.7 Å². The molecule has 2 rings (SSSR count). The average Bonchev–Trinajstić information content (AvgIpc) is 2.76. The van der Waals surface area contributed by atoms with E-state index in [1.165, 1.54) is 6.07 Å². The Balaban J connectivity index is 2.19. The number of hydrogen-bond acceptors (Lipinski definition) is 2. The molecule has 1 aliphatic rings. The Morgan fingerprint density at radius 2 is 2.11 bits per heavy atom. The standard InChI is InChI=1S/C13H14BrF2NO/c14-9-4-5-10(15)8(13(9)16)6-12(18)7-2-1-3-11(7)17/h4-5,7,11H,1-3,6,17H2. The topological polar surface area (TPSA) is 43.1 Å². The van der Waals surface area contributed by atoms with E-state index in [0.717, 1.165) is 25.3 Å². The summed E-state index contributed by atoms with van der Waals surface area (Å²) in [5.41, 5.74) is 5.65. The van der Waals surface area contributed by atoms with Crippen molar-refractivity contribution in [3.05, 3.63) is 33.8 Å². The van der Waals surface area contributed by atoms with Crippen LogP contribution in [0.2, 0.25) is 0 Å². The summed E-state index contributed by atoms with van der Waals surface area (Å²) in [6.07, 6.45) is 2.20. The molecule has 0 radical (unpaired) electrons. The Bertz CT molecular complexity index is 478. The number of ketones is 1. The van der Waals surface area contributed by atoms with Crippen molar-refractivity contribution in [2.45, 2.75) is 31.7 Å². The monoisotopic (exact) mass is 317 g/mol. The van der Waals surface area contributed by atoms with Gasteiger partial charge >= 0.3 is 0 Å². The summed E-state index contributed by atoms with van der Waals surface area (Å²) < 4.78 is 27.4. The molecule has 2 atom stereocenters. The molecule has 0 amide bonds. The highest BCUT2D eigenvalue weighted by molar-refractivity contribution is 9.10. The molecule has 98 valence electrons. The fourth-order valence-corrected chi connectivity index (χ4v) is 2.80. The van der Waals surface area contributed by atoms with Crippen molar-refractivity contribution in [3.8, 4) is 0 Å². The minimum Gasteiger partial charge on any atom is -0.327 e. The molecular weight excluding hydrogens is 304 g/mol. The van der Waals surface area contributed by atoms with Crippen LogP contribution in [0.5, 0.6) is 0 Å². The van der Waals surface area contributed by atoms with Crippen molar-refractivity contribution in [1.29, 1.82) is 0 Å². The molecule has 1 fully saturated rings. The second-order valence-corrected chi connectivity index (χ2v) is 5.52. The van der Waals surface area contributed by atoms with E-state index in [2.05, 4.69) is 15.9 Å². The minimum atomic E-state index is -0.699. The summed E-state index contributed by atoms with van der Waals surface area (Å²) in [4.78, 5) is 12.0. The normalized spacial score (nSPS) is 23.3. The van der Waals surface area contributed by atoms with Gasteiger partial charge in [0.2, 0.25) is 0 Å². The second-order valence-electron chi connectivity index (χ2n) is 4.67. The average molecular weight is 318 g/mol. The van der Waals surface area contributed by atoms with E-state index in [9.17, 15) is 13.6 Å². The Labute approximate surface area is 113 Å². The second kappa shape index (κ2) is 5.45. The van der Waals surface area contributed by atoms with Crippen LogP contribution in [0.25, 0.3) is 0 Å². The first-order chi connectivity index (χ1) is 8.50. The van der Waals surface area contributed by atoms with Crippen LogP contribution < -0.4 is 5.73 Å². The third-order valence-electron chi connectivity index (χ3n) is 3.47. The van der Waals surface area contributed by atoms with Gasteiger partial charge in [-0.15, -0.1) is 0 Å². The van der Waals surface area contributed by atoms with Crippen molar-refractivity contribution < 1.29 is 13.6 Å². The van der Waals surface area contributed by atoms with Crippen LogP contribution in [0.4, 0.5) is 8.78 Å². The van der Waals surface area contributed by atoms with Crippen molar-refractivity contribution in [2.75, 3.05) is 0 Å². The fraction of sp³-hybridized carbons (Fsp3) is 0.462. The van der Waals surface area contributed by atoms with Gasteiger partial charge in [-0.3, -0.25) is 4.79 Å². The Morgan fingerprint density at radius 3 is 2.72 bits per heavy atom. The maximum absolute atomic E-state index is 13.7. The van der Waals surface area contributed by atoms with Crippen LogP contribution in [0.15, 0.2) is 16.6 Å². The van der Waals surface area contributed by atoms with E-state index in [1.54, 1.807) is 0 Å². The number of nitrogens with two attached hydrogens (primary N) is 1. The lowest BCUT2D eigenvalue weighted by Gasteiger charge is -2.14. The van der Waals surface area contributed by atoms with Crippen LogP contribution >= 0.6 is 15.9 Å². The van der Waals surface area contributed by atoms with Gasteiger partial charge in [0.05, 0.1) is 4.47 Å². The highest BCUT2D eigenvalue weighted by Crippen LogP contribution is 2.28. The first kappa shape index (κ1) is 13.6. The molecule has 1 aliphatic carbocycles. The lowest BCUT2D eigenvalue weighted by atomic mass is 9.93. The van der Waals surface area contributed by atoms with Gasteiger partial charge in [-0.05, 0) is 40.9 Å². The zero-order chi connectivity index (χ0) is 13.3. The number of rotatable bonds is 3. The van der Waals surface area contributed by atoms with E-state index >= 15 is 0 Å². The van der Waals surface area contributed by atoms with Gasteiger partial charge in [-0.2, -0.15) is 0 Å². The predicted molar refractivity (Wildman–Crippen MR) is 68.1 cm³/mol. The molecule has 1 aromatic carbocycles. The molecule has 0 saturated heterocycles. The van der Waals surface area contributed by atoms with E-state index in [-0.39, 0.29) is 34.2 Å². The Morgan fingerprint density at radius 1 is 1.39 bits per heavy atom. The summed E-state index contributed by atoms with van der Waals surface area (Å²) in [5.74, 6) is -1.82. The maximum atomic E-state index is 13.7. The van der Waals surface area contributed by atoms with Gasteiger partial charge in [0.25, 0.3) is 0 Å². The minimum absolute atomic E-state index is 0.169. The molecule has 2 unspecified atom stereocenters. The molecule has 2 N–H and O–H groups in total. The summed E-state index contributed by atoms with van der Waals surface area (Å²) in [7, 11) is 0. The largest absolute Gasteiger partial charge is 0.327 e. The summed E-state index contributed by atoms with van der Waals surface area (Å²) in [6, 6.07) is 2.28. The van der Waals surface area contributed by atoms with E-state index < -0.39 is 11.6 Å². The Kier molecular flexibility index (Phi) is 4.12. The summed E-state index contributed by atoms with van der Waals surface area (Å²) in [6.45, 7) is 0. The fourth-order valence-electron chi connectivity index (χ4n) is 2.42. The van der Waals surface area contributed by atoms with Crippen LogP contribution in [0, 0.1) is 17.6 Å². The van der Waals surface area contributed by atoms with Crippen LogP contribution in [0.1, 0.15) is 24.8 Å². The molecule has 18 heavy (non-hydrogen) atoms. The molecule has 5 heteroatoms. The van der Waals surface area contributed by atoms with E-state index in [4.69, 9.17) is 5.73 Å².